The van der Waals surface area contributed by atoms with E-state index in [1.807, 2.05) is 6.07 Å². The number of ether oxygens (including phenoxy) is 1. The fourth-order valence-corrected chi connectivity index (χ4v) is 3.45. The molecule has 1 atom stereocenters. The maximum absolute atomic E-state index is 8.36. The topological polar surface area (TPSA) is 33.0 Å². The number of hydrogen-bond acceptors (Lipinski definition) is 2. The van der Waals surface area contributed by atoms with Gasteiger partial charge < -0.3 is 4.74 Å². The van der Waals surface area contributed by atoms with Crippen molar-refractivity contribution in [3.63, 3.8) is 0 Å². The molecule has 0 spiro atoms. The first kappa shape index (κ1) is 14.5. The molecule has 0 aromatic heterocycles. The molecule has 0 amide bonds. The lowest BCUT2D eigenvalue weighted by Gasteiger charge is -2.06. The lowest BCUT2D eigenvalue weighted by atomic mass is 10.2. The number of nitrogens with zero attached hydrogens (tertiary/aromatic N) is 1. The fraction of sp³-hybridized carbons (Fsp3) is 0.400. The third-order valence-electron chi connectivity index (χ3n) is 2.70. The van der Waals surface area contributed by atoms with Gasteiger partial charge >= 0.3 is 0 Å². The van der Waals surface area contributed by atoms with E-state index >= 15 is 0 Å². The zero-order valence-corrected chi connectivity index (χ0v) is 12.2. The van der Waals surface area contributed by atoms with Crippen molar-refractivity contribution in [1.29, 1.82) is 5.26 Å². The van der Waals surface area contributed by atoms with Crippen LogP contribution in [0, 0.1) is 29.7 Å². The van der Waals surface area contributed by atoms with Crippen molar-refractivity contribution in [2.24, 2.45) is 0 Å². The maximum Gasteiger partial charge on any atom is 0.153 e. The summed E-state index contributed by atoms with van der Waals surface area (Å²) in [6.45, 7) is 5.22. The second-order valence-electron chi connectivity index (χ2n) is 4.15. The first-order valence-electron chi connectivity index (χ1n) is 6.27. The Morgan fingerprint density at radius 3 is 2.61 bits per heavy atom. The zero-order chi connectivity index (χ0) is 13.2. The van der Waals surface area contributed by atoms with Crippen LogP contribution < -0.4 is 5.19 Å². The van der Waals surface area contributed by atoms with Crippen molar-refractivity contribution in [3.8, 4) is 17.5 Å². The molecule has 3 heteroatoms. The van der Waals surface area contributed by atoms with Gasteiger partial charge in [0.05, 0.1) is 19.1 Å². The van der Waals surface area contributed by atoms with Crippen molar-refractivity contribution in [1.82, 2.24) is 0 Å². The molecular formula is C15H19NOSi. The molecule has 1 rings (SSSR count). The second-order valence-corrected chi connectivity index (χ2v) is 7.03. The average Bonchev–Trinajstić information content (AvgIpc) is 2.39. The van der Waals surface area contributed by atoms with Crippen molar-refractivity contribution in [2.45, 2.75) is 26.3 Å². The van der Waals surface area contributed by atoms with Gasteiger partial charge in [0, 0.05) is 0 Å². The zero-order valence-electron chi connectivity index (χ0n) is 11.1. The standard InChI is InChI=1S/C15H19NOSi/c1-3-18(13-5-12-17-11-4-10-16)15-8-6-14(2)7-9-15/h6-9,18H,3-4,11-12H2,1-2H3. The van der Waals surface area contributed by atoms with E-state index < -0.39 is 8.80 Å². The Bertz CT molecular complexity index is 450. The molecule has 0 saturated heterocycles. The Morgan fingerprint density at radius 2 is 2.00 bits per heavy atom. The van der Waals surface area contributed by atoms with Crippen molar-refractivity contribution in [2.75, 3.05) is 13.2 Å². The van der Waals surface area contributed by atoms with Gasteiger partial charge in [-0.1, -0.05) is 42.7 Å². The molecule has 1 unspecified atom stereocenters. The van der Waals surface area contributed by atoms with E-state index in [0.717, 1.165) is 6.04 Å². The highest BCUT2D eigenvalue weighted by atomic mass is 28.3. The van der Waals surface area contributed by atoms with E-state index in [-0.39, 0.29) is 0 Å². The molecule has 0 aliphatic rings. The maximum atomic E-state index is 8.36. The van der Waals surface area contributed by atoms with E-state index in [1.165, 1.54) is 10.8 Å². The largest absolute Gasteiger partial charge is 0.368 e. The first-order valence-corrected chi connectivity index (χ1v) is 8.24. The molecule has 94 valence electrons. The van der Waals surface area contributed by atoms with E-state index in [0.29, 0.717) is 19.6 Å². The molecule has 0 N–H and O–H groups in total. The highest BCUT2D eigenvalue weighted by Crippen LogP contribution is 1.97. The van der Waals surface area contributed by atoms with Gasteiger partial charge in [0.2, 0.25) is 0 Å². The molecule has 18 heavy (non-hydrogen) atoms. The van der Waals surface area contributed by atoms with Crippen LogP contribution in [0.5, 0.6) is 0 Å². The molecule has 0 aliphatic heterocycles. The molecule has 0 fully saturated rings. The van der Waals surface area contributed by atoms with E-state index in [2.05, 4.69) is 49.6 Å². The smallest absolute Gasteiger partial charge is 0.153 e. The SMILES string of the molecule is CC[SiH](C#CCOCCC#N)c1ccc(C)cc1. The summed E-state index contributed by atoms with van der Waals surface area (Å²) in [4.78, 5) is 0. The van der Waals surface area contributed by atoms with Gasteiger partial charge in [-0.2, -0.15) is 5.26 Å². The van der Waals surface area contributed by atoms with E-state index in [1.54, 1.807) is 0 Å². The predicted octanol–water partition coefficient (Wildman–Crippen LogP) is 1.92. The monoisotopic (exact) mass is 257 g/mol. The minimum absolute atomic E-state index is 0.439. The van der Waals surface area contributed by atoms with Crippen LogP contribution in [-0.4, -0.2) is 22.0 Å². The molecule has 0 saturated carbocycles. The van der Waals surface area contributed by atoms with Crippen LogP contribution in [0.2, 0.25) is 6.04 Å². The summed E-state index contributed by atoms with van der Waals surface area (Å²) in [5.41, 5.74) is 4.65. The summed E-state index contributed by atoms with van der Waals surface area (Å²) in [5.74, 6) is 3.09. The van der Waals surface area contributed by atoms with Crippen LogP contribution in [0.15, 0.2) is 24.3 Å². The number of aryl methyl sites for hydroxylation is 1. The quantitative estimate of drug-likeness (QED) is 0.459. The summed E-state index contributed by atoms with van der Waals surface area (Å²) >= 11 is 0. The normalized spacial score (nSPS) is 11.2. The highest BCUT2D eigenvalue weighted by molar-refractivity contribution is 6.80. The third kappa shape index (κ3) is 5.18. The molecular weight excluding hydrogens is 238 g/mol. The molecule has 0 bridgehead atoms. The van der Waals surface area contributed by atoms with Gasteiger partial charge in [0.1, 0.15) is 6.61 Å². The van der Waals surface area contributed by atoms with Crippen LogP contribution in [0.4, 0.5) is 0 Å². The lowest BCUT2D eigenvalue weighted by molar-refractivity contribution is 0.173. The van der Waals surface area contributed by atoms with Crippen LogP contribution in [-0.2, 0) is 4.74 Å². The van der Waals surface area contributed by atoms with Crippen LogP contribution in [0.3, 0.4) is 0 Å². The van der Waals surface area contributed by atoms with Crippen molar-refractivity contribution in [3.05, 3.63) is 29.8 Å². The van der Waals surface area contributed by atoms with E-state index in [9.17, 15) is 0 Å². The summed E-state index contributed by atoms with van der Waals surface area (Å²) < 4.78 is 5.25. The van der Waals surface area contributed by atoms with Gasteiger partial charge in [0.15, 0.2) is 8.80 Å². The molecule has 1 aromatic rings. The molecule has 0 radical (unpaired) electrons. The van der Waals surface area contributed by atoms with Crippen molar-refractivity contribution >= 4 is 14.0 Å². The minimum Gasteiger partial charge on any atom is -0.368 e. The van der Waals surface area contributed by atoms with Crippen LogP contribution >= 0.6 is 0 Å². The molecule has 2 nitrogen and oxygen atoms in total. The van der Waals surface area contributed by atoms with Gasteiger partial charge in [-0.3, -0.25) is 0 Å². The van der Waals surface area contributed by atoms with Gasteiger partial charge in [-0.25, -0.2) is 0 Å². The van der Waals surface area contributed by atoms with Gasteiger partial charge in [0.25, 0.3) is 0 Å². The van der Waals surface area contributed by atoms with Crippen LogP contribution in [0.1, 0.15) is 18.9 Å². The molecule has 1 aromatic carbocycles. The van der Waals surface area contributed by atoms with Crippen molar-refractivity contribution < 1.29 is 4.74 Å². The Hall–Kier alpha value is -1.55. The second kappa shape index (κ2) is 8.52. The summed E-state index contributed by atoms with van der Waals surface area (Å²) in [6.07, 6.45) is 0.439. The van der Waals surface area contributed by atoms with Crippen LogP contribution in [0.25, 0.3) is 0 Å². The Morgan fingerprint density at radius 1 is 1.28 bits per heavy atom. The number of nitriles is 1. The highest BCUT2D eigenvalue weighted by Gasteiger charge is 2.07. The van der Waals surface area contributed by atoms with Gasteiger partial charge in [-0.05, 0) is 18.2 Å². The molecule has 0 heterocycles. The van der Waals surface area contributed by atoms with E-state index in [4.69, 9.17) is 10.00 Å². The first-order chi connectivity index (χ1) is 8.77. The minimum atomic E-state index is -1.16. The molecule has 0 aliphatic carbocycles. The number of hydrogen-bond donors (Lipinski definition) is 0. The third-order valence-corrected chi connectivity index (χ3v) is 5.26. The fourth-order valence-electron chi connectivity index (χ4n) is 1.63. The average molecular weight is 257 g/mol. The summed E-state index contributed by atoms with van der Waals surface area (Å²) in [7, 11) is -1.16. The van der Waals surface area contributed by atoms with Gasteiger partial charge in [-0.15, -0.1) is 5.54 Å². The predicted molar refractivity (Wildman–Crippen MR) is 77.3 cm³/mol. The summed E-state index contributed by atoms with van der Waals surface area (Å²) in [5, 5.41) is 9.76. The Balaban J connectivity index is 2.49. The Kier molecular flexibility index (Phi) is 6.87. The number of benzene rings is 1. The number of rotatable bonds is 5. The Labute approximate surface area is 111 Å². The summed E-state index contributed by atoms with van der Waals surface area (Å²) in [6, 6.07) is 11.9. The lowest BCUT2D eigenvalue weighted by Crippen LogP contribution is -2.27.